The number of fused-ring (bicyclic) bond motifs is 1. The van der Waals surface area contributed by atoms with Gasteiger partial charge in [0.1, 0.15) is 5.75 Å². The van der Waals surface area contributed by atoms with Gasteiger partial charge in [0.15, 0.2) is 6.10 Å². The van der Waals surface area contributed by atoms with E-state index in [2.05, 4.69) is 25.9 Å². The second-order valence-electron chi connectivity index (χ2n) is 9.46. The molecule has 3 heterocycles. The van der Waals surface area contributed by atoms with Gasteiger partial charge in [0.05, 0.1) is 11.3 Å². The number of halogens is 3. The van der Waals surface area contributed by atoms with Crippen LogP contribution in [0.1, 0.15) is 18.4 Å². The zero-order chi connectivity index (χ0) is 27.4. The summed E-state index contributed by atoms with van der Waals surface area (Å²) in [7, 11) is 0. The van der Waals surface area contributed by atoms with Crippen molar-refractivity contribution in [2.45, 2.75) is 38.1 Å². The van der Waals surface area contributed by atoms with Crippen LogP contribution in [0, 0.1) is 6.92 Å². The van der Waals surface area contributed by atoms with Crippen molar-refractivity contribution in [3.05, 3.63) is 66.5 Å². The van der Waals surface area contributed by atoms with E-state index in [0.717, 1.165) is 31.5 Å². The Morgan fingerprint density at radius 3 is 2.74 bits per heavy atom. The number of aryl methyl sites for hydroxylation is 1. The molecule has 1 fully saturated rings. The summed E-state index contributed by atoms with van der Waals surface area (Å²) in [5.74, 6) is 1.38. The van der Waals surface area contributed by atoms with Crippen molar-refractivity contribution in [2.24, 2.45) is 0 Å². The van der Waals surface area contributed by atoms with Gasteiger partial charge in [0.2, 0.25) is 11.8 Å². The van der Waals surface area contributed by atoms with Crippen LogP contribution in [-0.4, -0.2) is 58.0 Å². The van der Waals surface area contributed by atoms with Crippen molar-refractivity contribution >= 4 is 22.4 Å². The first-order valence-electron chi connectivity index (χ1n) is 12.7. The summed E-state index contributed by atoms with van der Waals surface area (Å²) < 4.78 is 44.8. The molecule has 2 aromatic carbocycles. The second kappa shape index (κ2) is 11.4. The maximum absolute atomic E-state index is 12.8. The van der Waals surface area contributed by atoms with E-state index in [0.29, 0.717) is 45.3 Å². The van der Waals surface area contributed by atoms with Crippen LogP contribution >= 0.6 is 0 Å². The minimum absolute atomic E-state index is 0.247. The minimum atomic E-state index is -4.71. The molecule has 4 N–H and O–H groups in total. The number of nitrogens with zero attached hydrogens (tertiary/aromatic N) is 3. The molecule has 2 atom stereocenters. The Hall–Kier alpha value is -3.96. The van der Waals surface area contributed by atoms with E-state index in [1.165, 1.54) is 0 Å². The number of hydrogen-bond donors (Lipinski definition) is 4. The fraction of sp³-hybridized carbons (Fsp3) is 0.321. The number of ether oxygens (including phenoxy) is 1. The molecule has 39 heavy (non-hydrogen) atoms. The highest BCUT2D eigenvalue weighted by atomic mass is 19.4. The predicted molar refractivity (Wildman–Crippen MR) is 144 cm³/mol. The quantitative estimate of drug-likeness (QED) is 0.240. The Labute approximate surface area is 223 Å². The first kappa shape index (κ1) is 26.6. The number of hydrogen-bond acceptors (Lipinski definition) is 8. The van der Waals surface area contributed by atoms with Crippen LogP contribution in [0.15, 0.2) is 60.9 Å². The Morgan fingerprint density at radius 1 is 1.08 bits per heavy atom. The van der Waals surface area contributed by atoms with E-state index in [9.17, 15) is 18.3 Å². The molecule has 11 heteroatoms. The molecule has 8 nitrogen and oxygen atoms in total. The largest absolute Gasteiger partial charge is 0.437 e. The van der Waals surface area contributed by atoms with Gasteiger partial charge in [-0.05, 0) is 56.1 Å². The van der Waals surface area contributed by atoms with Crippen molar-refractivity contribution in [1.82, 2.24) is 20.3 Å². The Kier molecular flexibility index (Phi) is 7.80. The van der Waals surface area contributed by atoms with Gasteiger partial charge >= 0.3 is 6.18 Å². The molecule has 1 saturated heterocycles. The number of aliphatic hydroxyl groups is 1. The van der Waals surface area contributed by atoms with Crippen molar-refractivity contribution < 1.29 is 23.0 Å². The molecule has 1 aliphatic rings. The Balaban J connectivity index is 1.44. The lowest BCUT2D eigenvalue weighted by Gasteiger charge is -2.23. The molecule has 0 aliphatic carbocycles. The number of alkyl halides is 3. The van der Waals surface area contributed by atoms with Crippen LogP contribution in [0.4, 0.5) is 24.8 Å². The zero-order valence-electron chi connectivity index (χ0n) is 21.3. The van der Waals surface area contributed by atoms with Gasteiger partial charge < -0.3 is 25.8 Å². The first-order chi connectivity index (χ1) is 18.8. The maximum atomic E-state index is 12.8. The minimum Gasteiger partial charge on any atom is -0.437 e. The zero-order valence-corrected chi connectivity index (χ0v) is 21.3. The lowest BCUT2D eigenvalue weighted by molar-refractivity contribution is -0.198. The molecule has 1 aliphatic heterocycles. The molecule has 0 radical (unpaired) electrons. The highest BCUT2D eigenvalue weighted by Crippen LogP contribution is 2.38. The monoisotopic (exact) mass is 538 g/mol. The molecule has 5 rings (SSSR count). The summed E-state index contributed by atoms with van der Waals surface area (Å²) in [6.07, 6.45) is -1.75. The van der Waals surface area contributed by atoms with Gasteiger partial charge in [-0.1, -0.05) is 24.3 Å². The van der Waals surface area contributed by atoms with E-state index in [1.54, 1.807) is 36.7 Å². The third kappa shape index (κ3) is 6.21. The summed E-state index contributed by atoms with van der Waals surface area (Å²) in [6, 6.07) is 14.5. The Morgan fingerprint density at radius 2 is 1.95 bits per heavy atom. The van der Waals surface area contributed by atoms with Gasteiger partial charge in [-0.25, -0.2) is 15.0 Å². The van der Waals surface area contributed by atoms with Crippen LogP contribution in [0.2, 0.25) is 0 Å². The van der Waals surface area contributed by atoms with Crippen molar-refractivity contribution in [3.63, 3.8) is 0 Å². The summed E-state index contributed by atoms with van der Waals surface area (Å²) >= 11 is 0. The van der Waals surface area contributed by atoms with Gasteiger partial charge in [0.25, 0.3) is 0 Å². The topological polar surface area (TPSA) is 104 Å². The molecular formula is C28H29F3N6O2. The molecule has 4 aromatic rings. The molecule has 0 bridgehead atoms. The molecule has 0 amide bonds. The molecule has 2 unspecified atom stereocenters. The second-order valence-corrected chi connectivity index (χ2v) is 9.46. The summed E-state index contributed by atoms with van der Waals surface area (Å²) in [5, 5.41) is 20.2. The predicted octanol–water partition coefficient (Wildman–Crippen LogP) is 5.29. The van der Waals surface area contributed by atoms with Crippen LogP contribution in [0.3, 0.4) is 0 Å². The summed E-state index contributed by atoms with van der Waals surface area (Å²) in [4.78, 5) is 13.5. The van der Waals surface area contributed by atoms with E-state index in [1.807, 2.05) is 31.2 Å². The van der Waals surface area contributed by atoms with Crippen LogP contribution in [-0.2, 0) is 0 Å². The highest BCUT2D eigenvalue weighted by Gasteiger charge is 2.37. The number of rotatable bonds is 8. The molecule has 204 valence electrons. The standard InChI is InChI=1S/C28H29F3N6O2/c1-17-9-10-19-20(6-2-8-22(19)35-16-24(38)28(29,30)31)25(17)39-26-21(7-4-13-33-26)23-11-14-34-27(37-23)36-18-5-3-12-32-15-18/h2,4,6-11,13-14,18,24,32,35,38H,3,5,12,15-16H2,1H3,(H,34,36,37). The van der Waals surface area contributed by atoms with E-state index in [-0.39, 0.29) is 6.04 Å². The fourth-order valence-electron chi connectivity index (χ4n) is 4.55. The van der Waals surface area contributed by atoms with Gasteiger partial charge in [-0.15, -0.1) is 0 Å². The lowest BCUT2D eigenvalue weighted by atomic mass is 10.0. The summed E-state index contributed by atoms with van der Waals surface area (Å²) in [5.41, 5.74) is 2.58. The highest BCUT2D eigenvalue weighted by molar-refractivity contribution is 5.98. The third-order valence-corrected chi connectivity index (χ3v) is 6.60. The van der Waals surface area contributed by atoms with Crippen LogP contribution < -0.4 is 20.7 Å². The number of piperidine rings is 1. The molecular weight excluding hydrogens is 509 g/mol. The molecule has 0 saturated carbocycles. The van der Waals surface area contributed by atoms with Crippen LogP contribution in [0.25, 0.3) is 22.0 Å². The fourth-order valence-corrected chi connectivity index (χ4v) is 4.55. The number of benzene rings is 2. The molecule has 0 spiro atoms. The Bertz CT molecular complexity index is 1440. The van der Waals surface area contributed by atoms with Crippen molar-refractivity contribution in [1.29, 1.82) is 0 Å². The molecule has 2 aromatic heterocycles. The van der Waals surface area contributed by atoms with E-state index >= 15 is 0 Å². The van der Waals surface area contributed by atoms with Gasteiger partial charge in [-0.3, -0.25) is 0 Å². The average molecular weight is 539 g/mol. The normalized spacial score (nSPS) is 16.6. The van der Waals surface area contributed by atoms with E-state index in [4.69, 9.17) is 9.72 Å². The number of aromatic nitrogens is 3. The van der Waals surface area contributed by atoms with Crippen LogP contribution in [0.5, 0.6) is 11.6 Å². The first-order valence-corrected chi connectivity index (χ1v) is 12.7. The maximum Gasteiger partial charge on any atom is 0.416 e. The number of anilines is 2. The number of aliphatic hydroxyl groups excluding tert-OH is 1. The van der Waals surface area contributed by atoms with Gasteiger partial charge in [-0.2, -0.15) is 13.2 Å². The summed E-state index contributed by atoms with van der Waals surface area (Å²) in [6.45, 7) is 3.07. The van der Waals surface area contributed by atoms with Crippen molar-refractivity contribution in [3.8, 4) is 22.9 Å². The van der Waals surface area contributed by atoms with Crippen molar-refractivity contribution in [2.75, 3.05) is 30.3 Å². The van der Waals surface area contributed by atoms with Gasteiger partial charge in [0, 0.05) is 48.0 Å². The average Bonchev–Trinajstić information content (AvgIpc) is 2.93. The number of nitrogens with one attached hydrogen (secondary N) is 3. The SMILES string of the molecule is Cc1ccc2c(NCC(O)C(F)(F)F)cccc2c1Oc1ncccc1-c1ccnc(NC2CCCNC2)n1. The smallest absolute Gasteiger partial charge is 0.416 e. The third-order valence-electron chi connectivity index (χ3n) is 6.60. The lowest BCUT2D eigenvalue weighted by Crippen LogP contribution is -2.38. The van der Waals surface area contributed by atoms with E-state index < -0.39 is 18.8 Å². The number of pyridine rings is 1.